The Morgan fingerprint density at radius 1 is 1.05 bits per heavy atom. The average molecular weight is 321 g/mol. The molecular formula is C16H19NO2S2. The zero-order valence-corrected chi connectivity index (χ0v) is 13.4. The van der Waals surface area contributed by atoms with Gasteiger partial charge in [-0.25, -0.2) is 13.1 Å². The van der Waals surface area contributed by atoms with Gasteiger partial charge in [-0.3, -0.25) is 0 Å². The van der Waals surface area contributed by atoms with Crippen LogP contribution in [0, 0.1) is 5.92 Å². The van der Waals surface area contributed by atoms with E-state index < -0.39 is 10.0 Å². The maximum Gasteiger partial charge on any atom is 0.241 e. The Labute approximate surface area is 130 Å². The lowest BCUT2D eigenvalue weighted by Crippen LogP contribution is -2.31. The van der Waals surface area contributed by atoms with Crippen molar-refractivity contribution in [1.29, 1.82) is 0 Å². The van der Waals surface area contributed by atoms with E-state index in [1.165, 1.54) is 0 Å². The Hall–Kier alpha value is -1.04. The first kappa shape index (κ1) is 14.9. The monoisotopic (exact) mass is 321 g/mol. The van der Waals surface area contributed by atoms with Crippen molar-refractivity contribution in [2.75, 3.05) is 18.1 Å². The zero-order valence-electron chi connectivity index (χ0n) is 11.8. The molecule has 21 heavy (non-hydrogen) atoms. The highest BCUT2D eigenvalue weighted by Gasteiger charge is 2.20. The molecular weight excluding hydrogens is 302 g/mol. The molecule has 5 heteroatoms. The fourth-order valence-electron chi connectivity index (χ4n) is 2.69. The number of rotatable bonds is 4. The molecule has 0 spiro atoms. The first-order chi connectivity index (χ1) is 10.2. The largest absolute Gasteiger partial charge is 0.241 e. The molecule has 0 aliphatic carbocycles. The molecule has 1 aliphatic heterocycles. The summed E-state index contributed by atoms with van der Waals surface area (Å²) in [6.07, 6.45) is 2.20. The van der Waals surface area contributed by atoms with Crippen LogP contribution in [-0.4, -0.2) is 26.5 Å². The zero-order chi connectivity index (χ0) is 14.7. The van der Waals surface area contributed by atoms with Crippen molar-refractivity contribution in [2.45, 2.75) is 17.7 Å². The summed E-state index contributed by atoms with van der Waals surface area (Å²) in [6.45, 7) is 0.548. The van der Waals surface area contributed by atoms with Crippen LogP contribution in [0.2, 0.25) is 0 Å². The Kier molecular flexibility index (Phi) is 4.52. The molecule has 112 valence electrons. The third-order valence-corrected chi connectivity index (χ3v) is 6.47. The van der Waals surface area contributed by atoms with Gasteiger partial charge in [0.15, 0.2) is 0 Å². The minimum Gasteiger partial charge on any atom is -0.211 e. The van der Waals surface area contributed by atoms with Crippen LogP contribution in [0.4, 0.5) is 0 Å². The van der Waals surface area contributed by atoms with Gasteiger partial charge in [0, 0.05) is 11.9 Å². The van der Waals surface area contributed by atoms with E-state index in [-0.39, 0.29) is 0 Å². The molecule has 3 nitrogen and oxygen atoms in total. The van der Waals surface area contributed by atoms with Gasteiger partial charge in [0.05, 0.1) is 4.90 Å². The first-order valence-corrected chi connectivity index (χ1v) is 9.86. The Bertz CT molecular complexity index is 717. The van der Waals surface area contributed by atoms with Gasteiger partial charge >= 0.3 is 0 Å². The number of hydrogen-bond donors (Lipinski definition) is 1. The van der Waals surface area contributed by atoms with Crippen LogP contribution in [0.25, 0.3) is 10.8 Å². The third kappa shape index (κ3) is 3.42. The molecule has 1 saturated heterocycles. The van der Waals surface area contributed by atoms with E-state index >= 15 is 0 Å². The highest BCUT2D eigenvalue weighted by molar-refractivity contribution is 7.99. The van der Waals surface area contributed by atoms with E-state index in [1.54, 1.807) is 12.1 Å². The van der Waals surface area contributed by atoms with Crippen molar-refractivity contribution in [3.8, 4) is 0 Å². The number of nitrogens with one attached hydrogen (secondary N) is 1. The molecule has 0 saturated carbocycles. The molecule has 1 fully saturated rings. The molecule has 0 unspecified atom stereocenters. The van der Waals surface area contributed by atoms with Gasteiger partial charge in [-0.1, -0.05) is 36.4 Å². The number of hydrogen-bond acceptors (Lipinski definition) is 3. The second-order valence-corrected chi connectivity index (χ2v) is 8.35. The van der Waals surface area contributed by atoms with E-state index in [4.69, 9.17) is 0 Å². The third-order valence-electron chi connectivity index (χ3n) is 3.94. The summed E-state index contributed by atoms with van der Waals surface area (Å²) in [5, 5.41) is 1.74. The van der Waals surface area contributed by atoms with Crippen LogP contribution in [-0.2, 0) is 10.0 Å². The van der Waals surface area contributed by atoms with E-state index in [1.807, 2.05) is 42.1 Å². The van der Waals surface area contributed by atoms with Crippen molar-refractivity contribution in [3.63, 3.8) is 0 Å². The molecule has 3 rings (SSSR count). The first-order valence-electron chi connectivity index (χ1n) is 7.22. The van der Waals surface area contributed by atoms with E-state index in [0.29, 0.717) is 17.4 Å². The summed E-state index contributed by atoms with van der Waals surface area (Å²) in [5.74, 6) is 2.75. The van der Waals surface area contributed by atoms with Gasteiger partial charge in [-0.2, -0.15) is 11.8 Å². The van der Waals surface area contributed by atoms with Gasteiger partial charge in [0.2, 0.25) is 10.0 Å². The van der Waals surface area contributed by atoms with Crippen LogP contribution in [0.3, 0.4) is 0 Å². The van der Waals surface area contributed by atoms with Gasteiger partial charge in [0.1, 0.15) is 0 Å². The molecule has 0 amide bonds. The smallest absolute Gasteiger partial charge is 0.211 e. The summed E-state index contributed by atoms with van der Waals surface area (Å²) < 4.78 is 27.9. The summed E-state index contributed by atoms with van der Waals surface area (Å²) in [4.78, 5) is 0.380. The van der Waals surface area contributed by atoms with Crippen LogP contribution in [0.5, 0.6) is 0 Å². The minimum absolute atomic E-state index is 0.380. The molecule has 0 bridgehead atoms. The lowest BCUT2D eigenvalue weighted by molar-refractivity contribution is 0.477. The molecule has 0 atom stereocenters. The molecule has 1 N–H and O–H groups in total. The topological polar surface area (TPSA) is 46.2 Å². The van der Waals surface area contributed by atoms with Crippen LogP contribution in [0.1, 0.15) is 12.8 Å². The van der Waals surface area contributed by atoms with Crippen LogP contribution >= 0.6 is 11.8 Å². The molecule has 0 radical (unpaired) electrons. The second-order valence-electron chi connectivity index (χ2n) is 5.38. The van der Waals surface area contributed by atoms with Crippen LogP contribution in [0.15, 0.2) is 47.4 Å². The predicted octanol–water partition coefficient (Wildman–Crippen LogP) is 3.26. The van der Waals surface area contributed by atoms with E-state index in [2.05, 4.69) is 4.72 Å². The van der Waals surface area contributed by atoms with Crippen molar-refractivity contribution < 1.29 is 8.42 Å². The number of sulfonamides is 1. The average Bonchev–Trinajstić information content (AvgIpc) is 2.53. The highest BCUT2D eigenvalue weighted by atomic mass is 32.2. The van der Waals surface area contributed by atoms with Gasteiger partial charge < -0.3 is 0 Å². The molecule has 0 aromatic heterocycles. The lowest BCUT2D eigenvalue weighted by Gasteiger charge is -2.21. The van der Waals surface area contributed by atoms with Crippen molar-refractivity contribution in [2.24, 2.45) is 5.92 Å². The Morgan fingerprint density at radius 3 is 2.57 bits per heavy atom. The lowest BCUT2D eigenvalue weighted by atomic mass is 10.0. The van der Waals surface area contributed by atoms with Gasteiger partial charge in [-0.05, 0) is 41.7 Å². The Balaban J connectivity index is 1.83. The summed E-state index contributed by atoms with van der Waals surface area (Å²) in [5.41, 5.74) is 0. The maximum absolute atomic E-state index is 12.6. The van der Waals surface area contributed by atoms with Crippen molar-refractivity contribution in [1.82, 2.24) is 4.72 Å². The number of fused-ring (bicyclic) bond motifs is 1. The summed E-state index contributed by atoms with van der Waals surface area (Å²) in [6, 6.07) is 13.0. The molecule has 1 aliphatic rings. The number of thioether (sulfide) groups is 1. The molecule has 2 aromatic rings. The SMILES string of the molecule is O=S(=O)(NCC1CCSCC1)c1cccc2ccccc12. The highest BCUT2D eigenvalue weighted by Crippen LogP contribution is 2.25. The van der Waals surface area contributed by atoms with E-state index in [0.717, 1.165) is 35.1 Å². The van der Waals surface area contributed by atoms with Crippen molar-refractivity contribution in [3.05, 3.63) is 42.5 Å². The predicted molar refractivity (Wildman–Crippen MR) is 89.2 cm³/mol. The summed E-state index contributed by atoms with van der Waals surface area (Å²) >= 11 is 1.95. The second kappa shape index (κ2) is 6.38. The van der Waals surface area contributed by atoms with Gasteiger partial charge in [-0.15, -0.1) is 0 Å². The quantitative estimate of drug-likeness (QED) is 0.940. The fourth-order valence-corrected chi connectivity index (χ4v) is 5.23. The minimum atomic E-state index is -3.44. The molecule has 2 aromatic carbocycles. The fraction of sp³-hybridized carbons (Fsp3) is 0.375. The molecule has 1 heterocycles. The maximum atomic E-state index is 12.6. The summed E-state index contributed by atoms with van der Waals surface area (Å²) in [7, 11) is -3.44. The normalized spacial score (nSPS) is 17.1. The van der Waals surface area contributed by atoms with Gasteiger partial charge in [0.25, 0.3) is 0 Å². The standard InChI is InChI=1S/C16H19NO2S2/c18-21(19,17-12-13-8-10-20-11-9-13)16-7-3-5-14-4-1-2-6-15(14)16/h1-7,13,17H,8-12H2. The Morgan fingerprint density at radius 2 is 1.76 bits per heavy atom. The van der Waals surface area contributed by atoms with Crippen molar-refractivity contribution >= 4 is 32.6 Å². The van der Waals surface area contributed by atoms with Crippen LogP contribution < -0.4 is 4.72 Å². The number of benzene rings is 2. The van der Waals surface area contributed by atoms with E-state index in [9.17, 15) is 8.42 Å².